The molecule has 0 aromatic heterocycles. The first-order valence-electron chi connectivity index (χ1n) is 7.97. The molecule has 1 aromatic rings. The predicted octanol–water partition coefficient (Wildman–Crippen LogP) is 4.35. The maximum absolute atomic E-state index is 12.6. The lowest BCUT2D eigenvalue weighted by atomic mass is 9.94. The highest BCUT2D eigenvalue weighted by Gasteiger charge is 2.32. The van der Waals surface area contributed by atoms with E-state index in [1.54, 1.807) is 0 Å². The first kappa shape index (κ1) is 19.5. The Bertz CT molecular complexity index is 515. The Labute approximate surface area is 140 Å². The third-order valence-electron chi connectivity index (χ3n) is 3.62. The minimum Gasteiger partial charge on any atom is -0.388 e. The summed E-state index contributed by atoms with van der Waals surface area (Å²) in [7, 11) is -1.56. The number of benzene rings is 1. The van der Waals surface area contributed by atoms with Gasteiger partial charge in [-0.15, -0.1) is 0 Å². The molecule has 0 aliphatic rings. The second kappa shape index (κ2) is 7.32. The van der Waals surface area contributed by atoms with Crippen molar-refractivity contribution in [3.63, 3.8) is 0 Å². The molecular formula is C18H30O2SSi. The summed E-state index contributed by atoms with van der Waals surface area (Å²) >= 11 is 1.34. The normalized spacial score (nSPS) is 15.5. The molecule has 0 spiro atoms. The molecule has 124 valence electrons. The van der Waals surface area contributed by atoms with Gasteiger partial charge in [0.2, 0.25) is 0 Å². The molecule has 2 nitrogen and oxygen atoms in total. The Morgan fingerprint density at radius 1 is 1.23 bits per heavy atom. The molecule has 1 rings (SSSR count). The van der Waals surface area contributed by atoms with Crippen LogP contribution in [0.5, 0.6) is 0 Å². The summed E-state index contributed by atoms with van der Waals surface area (Å²) in [6.07, 6.45) is -0.0568. The third-order valence-corrected chi connectivity index (χ3v) is 6.81. The molecule has 0 unspecified atom stereocenters. The lowest BCUT2D eigenvalue weighted by Crippen LogP contribution is -2.42. The fraction of sp³-hybridized carbons (Fsp3) is 0.611. The van der Waals surface area contributed by atoms with Crippen LogP contribution in [0.4, 0.5) is 0 Å². The van der Waals surface area contributed by atoms with Crippen LogP contribution in [0.25, 0.3) is 0 Å². The smallest absolute Gasteiger partial charge is 0.195 e. The third kappa shape index (κ3) is 5.25. The molecule has 4 heteroatoms. The van der Waals surface area contributed by atoms with E-state index in [1.165, 1.54) is 16.9 Å². The van der Waals surface area contributed by atoms with Crippen LogP contribution in [0, 0.1) is 5.92 Å². The van der Waals surface area contributed by atoms with E-state index in [2.05, 4.69) is 25.7 Å². The predicted molar refractivity (Wildman–Crippen MR) is 101 cm³/mol. The van der Waals surface area contributed by atoms with Crippen molar-refractivity contribution in [2.75, 3.05) is 0 Å². The van der Waals surface area contributed by atoms with Crippen molar-refractivity contribution in [2.24, 2.45) is 5.92 Å². The Hall–Kier alpha value is -0.583. The minimum atomic E-state index is -1.56. The monoisotopic (exact) mass is 338 g/mol. The molecule has 0 fully saturated rings. The van der Waals surface area contributed by atoms with Gasteiger partial charge in [-0.3, -0.25) is 4.79 Å². The van der Waals surface area contributed by atoms with Crippen molar-refractivity contribution in [1.29, 1.82) is 0 Å². The highest BCUT2D eigenvalue weighted by Crippen LogP contribution is 2.34. The molecule has 22 heavy (non-hydrogen) atoms. The maximum atomic E-state index is 12.6. The summed E-state index contributed by atoms with van der Waals surface area (Å²) in [5.41, 5.74) is 0.941. The number of hydrogen-bond donors (Lipinski definition) is 1. The molecule has 0 radical (unpaired) electrons. The number of aliphatic hydroxyl groups excluding tert-OH is 1. The van der Waals surface area contributed by atoms with E-state index < -0.39 is 14.2 Å². The molecule has 1 N–H and O–H groups in total. The topological polar surface area (TPSA) is 37.3 Å². The van der Waals surface area contributed by atoms with Gasteiger partial charge in [-0.25, -0.2) is 0 Å². The van der Waals surface area contributed by atoms with E-state index in [4.69, 9.17) is 0 Å². The van der Waals surface area contributed by atoms with Gasteiger partial charge in [0.15, 0.2) is 5.12 Å². The van der Waals surface area contributed by atoms with Gasteiger partial charge >= 0.3 is 0 Å². The number of carbonyl (C=O) groups excluding carboxylic acids is 1. The number of hydrogen-bond acceptors (Lipinski definition) is 3. The summed E-state index contributed by atoms with van der Waals surface area (Å²) in [5.74, 6) is -0.346. The van der Waals surface area contributed by atoms with E-state index in [0.29, 0.717) is 6.42 Å². The fourth-order valence-electron chi connectivity index (χ4n) is 2.55. The standard InChI is InChI=1S/C18H30O2SSi/c1-8-13(17(20)21-18(2,3)4)16(19)14-11-9-10-12-15(14)22(5,6)7/h9-13,16,19H,8H2,1-7H3/t13-,16-/m0/s1. The fourth-order valence-corrected chi connectivity index (χ4v) is 5.29. The van der Waals surface area contributed by atoms with Crippen molar-refractivity contribution >= 4 is 30.1 Å². The van der Waals surface area contributed by atoms with Crippen molar-refractivity contribution < 1.29 is 9.90 Å². The van der Waals surface area contributed by atoms with Crippen molar-refractivity contribution in [2.45, 2.75) is 64.6 Å². The average Bonchev–Trinajstić information content (AvgIpc) is 2.36. The number of aliphatic hydroxyl groups is 1. The van der Waals surface area contributed by atoms with Crippen LogP contribution in [0.3, 0.4) is 0 Å². The Balaban J connectivity index is 3.13. The van der Waals surface area contributed by atoms with Crippen molar-refractivity contribution in [1.82, 2.24) is 0 Å². The summed E-state index contributed by atoms with van der Waals surface area (Å²) in [5, 5.41) is 12.2. The molecule has 0 saturated heterocycles. The first-order valence-corrected chi connectivity index (χ1v) is 12.3. The van der Waals surface area contributed by atoms with Gasteiger partial charge in [-0.2, -0.15) is 0 Å². The Morgan fingerprint density at radius 2 is 1.77 bits per heavy atom. The highest BCUT2D eigenvalue weighted by molar-refractivity contribution is 8.14. The zero-order chi connectivity index (χ0) is 17.1. The van der Waals surface area contributed by atoms with Crippen LogP contribution >= 0.6 is 11.8 Å². The van der Waals surface area contributed by atoms with E-state index in [9.17, 15) is 9.90 Å². The zero-order valence-corrected chi connectivity index (χ0v) is 16.8. The second-order valence-electron chi connectivity index (χ2n) is 7.83. The van der Waals surface area contributed by atoms with E-state index in [1.807, 2.05) is 45.9 Å². The molecule has 0 bridgehead atoms. The molecule has 0 aliphatic carbocycles. The van der Waals surface area contributed by atoms with Crippen LogP contribution < -0.4 is 5.19 Å². The van der Waals surface area contributed by atoms with Crippen LogP contribution in [-0.2, 0) is 4.79 Å². The molecule has 0 saturated carbocycles. The van der Waals surface area contributed by atoms with Crippen LogP contribution in [0.15, 0.2) is 24.3 Å². The highest BCUT2D eigenvalue weighted by atomic mass is 32.2. The maximum Gasteiger partial charge on any atom is 0.195 e. The zero-order valence-electron chi connectivity index (χ0n) is 14.9. The SMILES string of the molecule is CC[C@H](C(=O)SC(C)(C)C)[C@H](O)c1ccccc1[Si](C)(C)C. The summed E-state index contributed by atoms with van der Waals surface area (Å²) in [4.78, 5) is 12.6. The van der Waals surface area contributed by atoms with Crippen molar-refractivity contribution in [3.8, 4) is 0 Å². The van der Waals surface area contributed by atoms with Gasteiger partial charge in [0.1, 0.15) is 0 Å². The van der Waals surface area contributed by atoms with Gasteiger partial charge < -0.3 is 5.11 Å². The number of thioether (sulfide) groups is 1. The minimum absolute atomic E-state index is 0.0906. The molecule has 0 heterocycles. The van der Waals surface area contributed by atoms with Crippen molar-refractivity contribution in [3.05, 3.63) is 29.8 Å². The summed E-state index contributed by atoms with van der Waals surface area (Å²) in [6, 6.07) is 8.07. The largest absolute Gasteiger partial charge is 0.388 e. The number of rotatable bonds is 5. The van der Waals surface area contributed by atoms with Crippen LogP contribution in [0.1, 0.15) is 45.8 Å². The Kier molecular flexibility index (Phi) is 6.48. The van der Waals surface area contributed by atoms with Crippen LogP contribution in [-0.4, -0.2) is 23.0 Å². The van der Waals surface area contributed by atoms with E-state index >= 15 is 0 Å². The van der Waals surface area contributed by atoms with E-state index in [-0.39, 0.29) is 15.8 Å². The second-order valence-corrected chi connectivity index (χ2v) is 14.7. The van der Waals surface area contributed by atoms with Gasteiger partial charge in [-0.05, 0) is 12.0 Å². The van der Waals surface area contributed by atoms with Gasteiger partial charge in [0, 0.05) is 4.75 Å². The lowest BCUT2D eigenvalue weighted by Gasteiger charge is -2.28. The van der Waals surface area contributed by atoms with Gasteiger partial charge in [-0.1, -0.05) is 88.6 Å². The van der Waals surface area contributed by atoms with Gasteiger partial charge in [0.25, 0.3) is 0 Å². The first-order chi connectivity index (χ1) is 9.97. The summed E-state index contributed by atoms with van der Waals surface area (Å²) < 4.78 is -0.123. The Morgan fingerprint density at radius 3 is 2.23 bits per heavy atom. The summed E-state index contributed by atoms with van der Waals surface area (Å²) in [6.45, 7) is 14.9. The molecular weight excluding hydrogens is 308 g/mol. The lowest BCUT2D eigenvalue weighted by molar-refractivity contribution is -0.117. The average molecular weight is 339 g/mol. The number of carbonyl (C=O) groups is 1. The molecule has 0 amide bonds. The molecule has 1 aromatic carbocycles. The van der Waals surface area contributed by atoms with E-state index in [0.717, 1.165) is 5.56 Å². The van der Waals surface area contributed by atoms with Crippen LogP contribution in [0.2, 0.25) is 19.6 Å². The molecule has 2 atom stereocenters. The quantitative estimate of drug-likeness (QED) is 0.811. The molecule has 0 aliphatic heterocycles. The van der Waals surface area contributed by atoms with Gasteiger partial charge in [0.05, 0.1) is 20.1 Å².